The van der Waals surface area contributed by atoms with Crippen molar-refractivity contribution in [2.24, 2.45) is 0 Å². The molecule has 0 aromatic rings. The van der Waals surface area contributed by atoms with Crippen LogP contribution in [0.25, 0.3) is 0 Å². The van der Waals surface area contributed by atoms with Gasteiger partial charge in [-0.15, -0.1) is 0 Å². The van der Waals surface area contributed by atoms with E-state index in [1.807, 2.05) is 0 Å². The standard InChI is InChI=1S/C21H39N3O2/c1-22(10-12-23-14-16-25-20-8-4-2-6-18(20)23)11-13-24-15-17-26-21-9-5-3-7-19(21)24/h18-21H,2-17H2,1H3/t18-,19+,20-,21-/m1/s1. The van der Waals surface area contributed by atoms with Gasteiger partial charge in [-0.3, -0.25) is 9.80 Å². The molecule has 0 spiro atoms. The summed E-state index contributed by atoms with van der Waals surface area (Å²) in [6.45, 7) is 8.89. The van der Waals surface area contributed by atoms with E-state index in [1.165, 1.54) is 77.5 Å². The second kappa shape index (κ2) is 9.33. The maximum absolute atomic E-state index is 6.02. The Labute approximate surface area is 160 Å². The molecule has 4 rings (SSSR count). The third kappa shape index (κ3) is 4.61. The summed E-state index contributed by atoms with van der Waals surface area (Å²) in [5, 5.41) is 0. The van der Waals surface area contributed by atoms with Gasteiger partial charge in [-0.05, 0) is 32.7 Å². The minimum absolute atomic E-state index is 0.513. The molecule has 5 nitrogen and oxygen atoms in total. The predicted octanol–water partition coefficient (Wildman–Crippen LogP) is 2.21. The van der Waals surface area contributed by atoms with E-state index in [-0.39, 0.29) is 0 Å². The minimum Gasteiger partial charge on any atom is -0.375 e. The number of fused-ring (bicyclic) bond motifs is 2. The molecule has 2 aliphatic carbocycles. The number of hydrogen-bond acceptors (Lipinski definition) is 5. The molecule has 4 aliphatic rings. The van der Waals surface area contributed by atoms with Crippen molar-refractivity contribution in [3.8, 4) is 0 Å². The van der Waals surface area contributed by atoms with Crippen LogP contribution in [-0.4, -0.2) is 98.5 Å². The Hall–Kier alpha value is -0.200. The summed E-state index contributed by atoms with van der Waals surface area (Å²) in [7, 11) is 2.30. The van der Waals surface area contributed by atoms with Gasteiger partial charge in [-0.25, -0.2) is 0 Å². The second-order valence-corrected chi connectivity index (χ2v) is 8.90. The summed E-state index contributed by atoms with van der Waals surface area (Å²) in [4.78, 5) is 7.98. The number of ether oxygens (including phenoxy) is 2. The van der Waals surface area contributed by atoms with Gasteiger partial charge in [0.1, 0.15) is 0 Å². The Balaban J connectivity index is 1.19. The van der Waals surface area contributed by atoms with Crippen molar-refractivity contribution in [1.82, 2.24) is 14.7 Å². The van der Waals surface area contributed by atoms with Crippen LogP contribution in [0.15, 0.2) is 0 Å². The molecular formula is C21H39N3O2. The molecule has 0 N–H and O–H groups in total. The molecule has 0 bridgehead atoms. The van der Waals surface area contributed by atoms with E-state index in [1.54, 1.807) is 0 Å². The van der Waals surface area contributed by atoms with Crippen LogP contribution in [0.5, 0.6) is 0 Å². The summed E-state index contributed by atoms with van der Waals surface area (Å²) in [6, 6.07) is 1.38. The van der Waals surface area contributed by atoms with Crippen LogP contribution in [-0.2, 0) is 9.47 Å². The molecule has 5 heteroatoms. The first-order valence-corrected chi connectivity index (χ1v) is 11.2. The van der Waals surface area contributed by atoms with E-state index in [0.29, 0.717) is 24.3 Å². The lowest BCUT2D eigenvalue weighted by Gasteiger charge is -2.45. The number of rotatable bonds is 6. The third-order valence-corrected chi connectivity index (χ3v) is 7.23. The Kier molecular flexibility index (Phi) is 6.87. The summed E-state index contributed by atoms with van der Waals surface area (Å²) >= 11 is 0. The van der Waals surface area contributed by atoms with Crippen molar-refractivity contribution in [2.75, 3.05) is 59.5 Å². The molecule has 2 saturated carbocycles. The normalized spacial score (nSPS) is 36.7. The average Bonchev–Trinajstić information content (AvgIpc) is 2.70. The summed E-state index contributed by atoms with van der Waals surface area (Å²) in [5.74, 6) is 0. The van der Waals surface area contributed by atoms with Gasteiger partial charge in [-0.1, -0.05) is 25.7 Å². The maximum atomic E-state index is 6.02. The van der Waals surface area contributed by atoms with Crippen LogP contribution in [0, 0.1) is 0 Å². The van der Waals surface area contributed by atoms with Crippen LogP contribution in [0.2, 0.25) is 0 Å². The molecule has 0 aromatic carbocycles. The van der Waals surface area contributed by atoms with E-state index >= 15 is 0 Å². The van der Waals surface area contributed by atoms with Gasteiger partial charge < -0.3 is 14.4 Å². The SMILES string of the molecule is CN(CCN1CCO[C@@H]2CCCC[C@H]21)CCN1CCO[C@@H]2CCCC[C@@H]21. The zero-order valence-electron chi connectivity index (χ0n) is 16.8. The van der Waals surface area contributed by atoms with Crippen molar-refractivity contribution < 1.29 is 9.47 Å². The Morgan fingerprint density at radius 1 is 0.731 bits per heavy atom. The van der Waals surface area contributed by atoms with Crippen LogP contribution in [0.4, 0.5) is 0 Å². The van der Waals surface area contributed by atoms with Gasteiger partial charge in [0.05, 0.1) is 25.4 Å². The Morgan fingerprint density at radius 3 is 1.69 bits per heavy atom. The molecular weight excluding hydrogens is 326 g/mol. The molecule has 0 radical (unpaired) electrons. The molecule has 2 heterocycles. The van der Waals surface area contributed by atoms with Crippen molar-refractivity contribution in [3.63, 3.8) is 0 Å². The maximum Gasteiger partial charge on any atom is 0.0730 e. The molecule has 4 atom stereocenters. The van der Waals surface area contributed by atoms with E-state index in [2.05, 4.69) is 21.7 Å². The van der Waals surface area contributed by atoms with E-state index < -0.39 is 0 Å². The van der Waals surface area contributed by atoms with E-state index in [9.17, 15) is 0 Å². The first kappa shape index (κ1) is 19.1. The summed E-state index contributed by atoms with van der Waals surface area (Å²) < 4.78 is 12.0. The van der Waals surface area contributed by atoms with Gasteiger partial charge in [0.2, 0.25) is 0 Å². The van der Waals surface area contributed by atoms with Crippen LogP contribution in [0.3, 0.4) is 0 Å². The fraction of sp³-hybridized carbons (Fsp3) is 1.00. The first-order chi connectivity index (χ1) is 12.8. The average molecular weight is 366 g/mol. The molecule has 26 heavy (non-hydrogen) atoms. The zero-order chi connectivity index (χ0) is 17.8. The number of nitrogens with zero attached hydrogens (tertiary/aromatic N) is 3. The van der Waals surface area contributed by atoms with E-state index in [0.717, 1.165) is 26.3 Å². The molecule has 2 aliphatic heterocycles. The molecule has 0 amide bonds. The van der Waals surface area contributed by atoms with Gasteiger partial charge in [0.25, 0.3) is 0 Å². The number of hydrogen-bond donors (Lipinski definition) is 0. The number of morpholine rings is 2. The quantitative estimate of drug-likeness (QED) is 0.720. The highest BCUT2D eigenvalue weighted by atomic mass is 16.5. The summed E-state index contributed by atoms with van der Waals surface area (Å²) in [6.07, 6.45) is 11.7. The van der Waals surface area contributed by atoms with Crippen molar-refractivity contribution in [1.29, 1.82) is 0 Å². The number of likely N-dealkylation sites (N-methyl/N-ethyl adjacent to an activating group) is 1. The monoisotopic (exact) mass is 365 g/mol. The van der Waals surface area contributed by atoms with Gasteiger partial charge in [0.15, 0.2) is 0 Å². The highest BCUT2D eigenvalue weighted by Gasteiger charge is 2.35. The van der Waals surface area contributed by atoms with Crippen LogP contribution >= 0.6 is 0 Å². The van der Waals surface area contributed by atoms with Gasteiger partial charge in [-0.2, -0.15) is 0 Å². The fourth-order valence-electron chi connectivity index (χ4n) is 5.62. The molecule has 2 saturated heterocycles. The topological polar surface area (TPSA) is 28.2 Å². The van der Waals surface area contributed by atoms with Gasteiger partial charge >= 0.3 is 0 Å². The van der Waals surface area contributed by atoms with Crippen LogP contribution < -0.4 is 0 Å². The lowest BCUT2D eigenvalue weighted by atomic mass is 9.90. The van der Waals surface area contributed by atoms with Gasteiger partial charge in [0, 0.05) is 51.4 Å². The highest BCUT2D eigenvalue weighted by Crippen LogP contribution is 2.29. The Morgan fingerprint density at radius 2 is 1.19 bits per heavy atom. The lowest BCUT2D eigenvalue weighted by molar-refractivity contribution is -0.0926. The smallest absolute Gasteiger partial charge is 0.0730 e. The minimum atomic E-state index is 0.513. The molecule has 150 valence electrons. The Bertz CT molecular complexity index is 393. The molecule has 0 unspecified atom stereocenters. The molecule has 4 fully saturated rings. The van der Waals surface area contributed by atoms with Crippen LogP contribution in [0.1, 0.15) is 51.4 Å². The van der Waals surface area contributed by atoms with Crippen molar-refractivity contribution >= 4 is 0 Å². The molecule has 0 aromatic heterocycles. The zero-order valence-corrected chi connectivity index (χ0v) is 16.8. The van der Waals surface area contributed by atoms with Crippen molar-refractivity contribution in [2.45, 2.75) is 75.7 Å². The third-order valence-electron chi connectivity index (χ3n) is 7.23. The fourth-order valence-corrected chi connectivity index (χ4v) is 5.62. The summed E-state index contributed by atoms with van der Waals surface area (Å²) in [5.41, 5.74) is 0. The van der Waals surface area contributed by atoms with Crippen molar-refractivity contribution in [3.05, 3.63) is 0 Å². The van der Waals surface area contributed by atoms with E-state index in [4.69, 9.17) is 9.47 Å². The predicted molar refractivity (Wildman–Crippen MR) is 105 cm³/mol. The lowest BCUT2D eigenvalue weighted by Crippen LogP contribution is -2.55. The first-order valence-electron chi connectivity index (χ1n) is 11.2. The largest absolute Gasteiger partial charge is 0.375 e. The second-order valence-electron chi connectivity index (χ2n) is 8.90. The highest BCUT2D eigenvalue weighted by molar-refractivity contribution is 4.89.